The summed E-state index contributed by atoms with van der Waals surface area (Å²) in [6.07, 6.45) is 1.50. The number of benzene rings is 2. The van der Waals surface area contributed by atoms with E-state index in [4.69, 9.17) is 0 Å². The SMILES string of the molecule is Cc1cccc(C(=O)c2cn[nH]c2-c2cc(C)ccc2O)c1. The van der Waals surface area contributed by atoms with Crippen molar-refractivity contribution in [2.75, 3.05) is 0 Å². The quantitative estimate of drug-likeness (QED) is 0.724. The van der Waals surface area contributed by atoms with Crippen molar-refractivity contribution < 1.29 is 9.90 Å². The lowest BCUT2D eigenvalue weighted by molar-refractivity contribution is 0.103. The second-order valence-corrected chi connectivity index (χ2v) is 5.38. The number of hydrogen-bond donors (Lipinski definition) is 2. The monoisotopic (exact) mass is 292 g/mol. The van der Waals surface area contributed by atoms with Crippen molar-refractivity contribution >= 4 is 5.78 Å². The van der Waals surface area contributed by atoms with Gasteiger partial charge in [-0.05, 0) is 32.0 Å². The molecule has 4 nitrogen and oxygen atoms in total. The number of aromatic hydroxyl groups is 1. The smallest absolute Gasteiger partial charge is 0.196 e. The highest BCUT2D eigenvalue weighted by atomic mass is 16.3. The molecule has 0 bridgehead atoms. The van der Waals surface area contributed by atoms with Crippen LogP contribution in [0.1, 0.15) is 27.0 Å². The van der Waals surface area contributed by atoms with Crippen LogP contribution in [0.3, 0.4) is 0 Å². The second kappa shape index (κ2) is 5.48. The van der Waals surface area contributed by atoms with Crippen LogP contribution in [-0.4, -0.2) is 21.1 Å². The summed E-state index contributed by atoms with van der Waals surface area (Å²) < 4.78 is 0. The second-order valence-electron chi connectivity index (χ2n) is 5.38. The van der Waals surface area contributed by atoms with Crippen LogP contribution in [0.4, 0.5) is 0 Å². The number of carbonyl (C=O) groups excluding carboxylic acids is 1. The predicted octanol–water partition coefficient (Wildman–Crippen LogP) is 3.63. The van der Waals surface area contributed by atoms with Gasteiger partial charge in [-0.25, -0.2) is 0 Å². The van der Waals surface area contributed by atoms with Crippen LogP contribution in [0.2, 0.25) is 0 Å². The Morgan fingerprint density at radius 3 is 2.64 bits per heavy atom. The summed E-state index contributed by atoms with van der Waals surface area (Å²) in [5.74, 6) is 0.00139. The molecule has 1 heterocycles. The van der Waals surface area contributed by atoms with Gasteiger partial charge < -0.3 is 5.11 Å². The van der Waals surface area contributed by atoms with Gasteiger partial charge in [0.05, 0.1) is 17.5 Å². The van der Waals surface area contributed by atoms with Gasteiger partial charge in [0.25, 0.3) is 0 Å². The number of phenols is 1. The van der Waals surface area contributed by atoms with Gasteiger partial charge in [0, 0.05) is 11.1 Å². The number of aryl methyl sites for hydroxylation is 2. The molecule has 0 radical (unpaired) electrons. The van der Waals surface area contributed by atoms with Crippen molar-refractivity contribution in [3.63, 3.8) is 0 Å². The molecule has 0 aliphatic carbocycles. The van der Waals surface area contributed by atoms with Crippen LogP contribution < -0.4 is 0 Å². The first-order valence-corrected chi connectivity index (χ1v) is 7.01. The van der Waals surface area contributed by atoms with Crippen LogP contribution >= 0.6 is 0 Å². The van der Waals surface area contributed by atoms with Gasteiger partial charge in [-0.3, -0.25) is 9.89 Å². The molecular weight excluding hydrogens is 276 g/mol. The predicted molar refractivity (Wildman–Crippen MR) is 85.0 cm³/mol. The van der Waals surface area contributed by atoms with Gasteiger partial charge in [0.15, 0.2) is 5.78 Å². The fourth-order valence-corrected chi connectivity index (χ4v) is 2.46. The summed E-state index contributed by atoms with van der Waals surface area (Å²) in [4.78, 5) is 12.7. The van der Waals surface area contributed by atoms with Gasteiger partial charge in [-0.15, -0.1) is 0 Å². The van der Waals surface area contributed by atoms with E-state index in [9.17, 15) is 9.90 Å². The van der Waals surface area contributed by atoms with E-state index in [0.717, 1.165) is 11.1 Å². The van der Waals surface area contributed by atoms with Gasteiger partial charge in [-0.1, -0.05) is 35.4 Å². The molecule has 0 atom stereocenters. The van der Waals surface area contributed by atoms with Gasteiger partial charge in [0.2, 0.25) is 0 Å². The Balaban J connectivity index is 2.09. The summed E-state index contributed by atoms with van der Waals surface area (Å²) in [6.45, 7) is 3.88. The fourth-order valence-electron chi connectivity index (χ4n) is 2.46. The molecular formula is C18H16N2O2. The first-order chi connectivity index (χ1) is 10.6. The summed E-state index contributed by atoms with van der Waals surface area (Å²) in [7, 11) is 0. The van der Waals surface area contributed by atoms with E-state index in [-0.39, 0.29) is 11.5 Å². The number of hydrogen-bond acceptors (Lipinski definition) is 3. The van der Waals surface area contributed by atoms with Crippen LogP contribution in [0, 0.1) is 13.8 Å². The van der Waals surface area contributed by atoms with Crippen molar-refractivity contribution in [1.29, 1.82) is 0 Å². The molecule has 110 valence electrons. The molecule has 22 heavy (non-hydrogen) atoms. The van der Waals surface area contributed by atoms with Crippen molar-refractivity contribution in [3.05, 3.63) is 70.9 Å². The third kappa shape index (κ3) is 2.51. The molecule has 2 aromatic carbocycles. The van der Waals surface area contributed by atoms with Crippen LogP contribution in [0.5, 0.6) is 5.75 Å². The number of nitrogens with zero attached hydrogens (tertiary/aromatic N) is 1. The molecule has 3 aromatic rings. The minimum absolute atomic E-state index is 0.117. The molecule has 0 saturated carbocycles. The van der Waals surface area contributed by atoms with Crippen molar-refractivity contribution in [2.24, 2.45) is 0 Å². The maximum absolute atomic E-state index is 12.7. The largest absolute Gasteiger partial charge is 0.507 e. The first-order valence-electron chi connectivity index (χ1n) is 7.01. The van der Waals surface area contributed by atoms with E-state index in [1.54, 1.807) is 12.1 Å². The number of aromatic amines is 1. The zero-order chi connectivity index (χ0) is 15.7. The van der Waals surface area contributed by atoms with E-state index in [0.29, 0.717) is 22.4 Å². The summed E-state index contributed by atoms with van der Waals surface area (Å²) in [5, 5.41) is 16.9. The van der Waals surface area contributed by atoms with Crippen molar-refractivity contribution in [2.45, 2.75) is 13.8 Å². The van der Waals surface area contributed by atoms with E-state index < -0.39 is 0 Å². The normalized spacial score (nSPS) is 10.6. The summed E-state index contributed by atoms with van der Waals surface area (Å²) in [6, 6.07) is 12.7. The molecule has 3 rings (SSSR count). The molecule has 0 amide bonds. The number of H-pyrrole nitrogens is 1. The third-order valence-electron chi connectivity index (χ3n) is 3.59. The van der Waals surface area contributed by atoms with Crippen molar-refractivity contribution in [3.8, 4) is 17.0 Å². The van der Waals surface area contributed by atoms with Gasteiger partial charge >= 0.3 is 0 Å². The van der Waals surface area contributed by atoms with Crippen molar-refractivity contribution in [1.82, 2.24) is 10.2 Å². The van der Waals surface area contributed by atoms with Crippen LogP contribution in [-0.2, 0) is 0 Å². The Labute approximate surface area is 128 Å². The van der Waals surface area contributed by atoms with E-state index >= 15 is 0 Å². The third-order valence-corrected chi connectivity index (χ3v) is 3.59. The minimum atomic E-state index is -0.117. The topological polar surface area (TPSA) is 66.0 Å². The minimum Gasteiger partial charge on any atom is -0.507 e. The number of carbonyl (C=O) groups is 1. The van der Waals surface area contributed by atoms with E-state index in [1.165, 1.54) is 6.20 Å². The maximum atomic E-state index is 12.7. The Morgan fingerprint density at radius 2 is 1.86 bits per heavy atom. The van der Waals surface area contributed by atoms with Crippen LogP contribution in [0.15, 0.2) is 48.7 Å². The molecule has 4 heteroatoms. The number of ketones is 1. The molecule has 0 aliphatic rings. The molecule has 0 saturated heterocycles. The fraction of sp³-hybridized carbons (Fsp3) is 0.111. The lowest BCUT2D eigenvalue weighted by atomic mass is 9.98. The van der Waals surface area contributed by atoms with Gasteiger partial charge in [0.1, 0.15) is 5.75 Å². The molecule has 1 aromatic heterocycles. The Kier molecular flexibility index (Phi) is 3.51. The first kappa shape index (κ1) is 14.1. The number of aromatic nitrogens is 2. The average molecular weight is 292 g/mol. The highest BCUT2D eigenvalue weighted by Crippen LogP contribution is 2.31. The highest BCUT2D eigenvalue weighted by molar-refractivity contribution is 6.12. The molecule has 0 unspecified atom stereocenters. The Morgan fingerprint density at radius 1 is 1.09 bits per heavy atom. The zero-order valence-electron chi connectivity index (χ0n) is 12.4. The standard InChI is InChI=1S/C18H16N2O2/c1-11-4-3-5-13(8-11)18(22)15-10-19-20-17(15)14-9-12(2)6-7-16(14)21/h3-10,21H,1-2H3,(H,19,20). The zero-order valence-corrected chi connectivity index (χ0v) is 12.4. The molecule has 2 N–H and O–H groups in total. The lowest BCUT2D eigenvalue weighted by Crippen LogP contribution is -2.02. The summed E-state index contributed by atoms with van der Waals surface area (Å²) in [5.41, 5.74) is 4.19. The summed E-state index contributed by atoms with van der Waals surface area (Å²) >= 11 is 0. The van der Waals surface area contributed by atoms with Gasteiger partial charge in [-0.2, -0.15) is 5.10 Å². The highest BCUT2D eigenvalue weighted by Gasteiger charge is 2.19. The van der Waals surface area contributed by atoms with E-state index in [2.05, 4.69) is 10.2 Å². The lowest BCUT2D eigenvalue weighted by Gasteiger charge is -2.07. The molecule has 0 spiro atoms. The average Bonchev–Trinajstić information content (AvgIpc) is 2.98. The number of rotatable bonds is 3. The van der Waals surface area contributed by atoms with Crippen LogP contribution in [0.25, 0.3) is 11.3 Å². The van der Waals surface area contributed by atoms with E-state index in [1.807, 2.05) is 44.2 Å². The Bertz CT molecular complexity index is 850. The molecule has 0 aliphatic heterocycles. The number of nitrogens with one attached hydrogen (secondary N) is 1. The molecule has 0 fully saturated rings. The maximum Gasteiger partial charge on any atom is 0.196 e. The Hall–Kier alpha value is -2.88. The number of phenolic OH excluding ortho intramolecular Hbond substituents is 1.